The Kier molecular flexibility index (Phi) is 5.65. The molecule has 0 bridgehead atoms. The van der Waals surface area contributed by atoms with Gasteiger partial charge in [0.15, 0.2) is 0 Å². The normalized spacial score (nSPS) is 22.9. The summed E-state index contributed by atoms with van der Waals surface area (Å²) in [6, 6.07) is 0.474. The van der Waals surface area contributed by atoms with Gasteiger partial charge in [0.2, 0.25) is 0 Å². The highest BCUT2D eigenvalue weighted by Crippen LogP contribution is 2.20. The van der Waals surface area contributed by atoms with E-state index in [0.717, 1.165) is 38.9 Å². The van der Waals surface area contributed by atoms with Gasteiger partial charge in [-0.2, -0.15) is 0 Å². The predicted molar refractivity (Wildman–Crippen MR) is 59.8 cm³/mol. The van der Waals surface area contributed by atoms with Crippen LogP contribution in [-0.2, 0) is 4.79 Å². The second kappa shape index (κ2) is 6.80. The average Bonchev–Trinajstić information content (AvgIpc) is 2.24. The third kappa shape index (κ3) is 4.62. The zero-order chi connectivity index (χ0) is 11.1. The Morgan fingerprint density at radius 2 is 2.27 bits per heavy atom. The lowest BCUT2D eigenvalue weighted by Crippen LogP contribution is -2.40. The van der Waals surface area contributed by atoms with Crippen molar-refractivity contribution >= 4 is 5.97 Å². The Bertz CT molecular complexity index is 197. The minimum Gasteiger partial charge on any atom is -0.481 e. The molecule has 4 heteroatoms. The second-order valence-corrected chi connectivity index (χ2v) is 4.26. The monoisotopic (exact) mass is 214 g/mol. The number of rotatable bonds is 6. The molecule has 1 saturated heterocycles. The van der Waals surface area contributed by atoms with E-state index >= 15 is 0 Å². The van der Waals surface area contributed by atoms with Crippen molar-refractivity contribution in [2.24, 2.45) is 5.73 Å². The molecule has 0 aromatic carbocycles. The lowest BCUT2D eigenvalue weighted by Gasteiger charge is -2.35. The van der Waals surface area contributed by atoms with Crippen molar-refractivity contribution in [1.29, 1.82) is 0 Å². The molecule has 0 saturated carbocycles. The van der Waals surface area contributed by atoms with Crippen molar-refractivity contribution in [2.45, 2.75) is 44.6 Å². The van der Waals surface area contributed by atoms with E-state index in [1.807, 2.05) is 0 Å². The van der Waals surface area contributed by atoms with Crippen LogP contribution >= 0.6 is 0 Å². The average molecular weight is 214 g/mol. The van der Waals surface area contributed by atoms with Crippen molar-refractivity contribution in [3.8, 4) is 0 Å². The SMILES string of the molecule is NCCCN1CCCCC1CCC(=O)O. The molecule has 0 aliphatic carbocycles. The number of piperidine rings is 1. The molecule has 0 aromatic rings. The van der Waals surface area contributed by atoms with Crippen molar-refractivity contribution in [3.05, 3.63) is 0 Å². The summed E-state index contributed by atoms with van der Waals surface area (Å²) in [7, 11) is 0. The molecule has 1 heterocycles. The smallest absolute Gasteiger partial charge is 0.303 e. The quantitative estimate of drug-likeness (QED) is 0.693. The summed E-state index contributed by atoms with van der Waals surface area (Å²) in [4.78, 5) is 12.9. The third-order valence-corrected chi connectivity index (χ3v) is 3.09. The molecule has 4 nitrogen and oxygen atoms in total. The number of nitrogens with two attached hydrogens (primary N) is 1. The number of hydrogen-bond acceptors (Lipinski definition) is 3. The van der Waals surface area contributed by atoms with Gasteiger partial charge in [-0.3, -0.25) is 4.79 Å². The van der Waals surface area contributed by atoms with Crippen LogP contribution in [0.15, 0.2) is 0 Å². The fraction of sp³-hybridized carbons (Fsp3) is 0.909. The van der Waals surface area contributed by atoms with Gasteiger partial charge in [0, 0.05) is 12.5 Å². The molecule has 1 atom stereocenters. The van der Waals surface area contributed by atoms with Crippen LogP contribution in [0.4, 0.5) is 0 Å². The standard InChI is InChI=1S/C11H22N2O2/c12-7-3-9-13-8-2-1-4-10(13)5-6-11(14)15/h10H,1-9,12H2,(H,14,15). The van der Waals surface area contributed by atoms with Crippen molar-refractivity contribution < 1.29 is 9.90 Å². The van der Waals surface area contributed by atoms with Gasteiger partial charge in [0.25, 0.3) is 0 Å². The first kappa shape index (κ1) is 12.5. The number of carboxylic acids is 1. The molecule has 15 heavy (non-hydrogen) atoms. The summed E-state index contributed by atoms with van der Waals surface area (Å²) in [5, 5.41) is 8.67. The highest BCUT2D eigenvalue weighted by molar-refractivity contribution is 5.66. The molecule has 1 rings (SSSR count). The first-order chi connectivity index (χ1) is 7.24. The Morgan fingerprint density at radius 3 is 2.93 bits per heavy atom. The van der Waals surface area contributed by atoms with E-state index < -0.39 is 5.97 Å². The maximum atomic E-state index is 10.5. The van der Waals surface area contributed by atoms with Crippen LogP contribution in [-0.4, -0.2) is 41.7 Å². The van der Waals surface area contributed by atoms with Gasteiger partial charge in [-0.05, 0) is 45.3 Å². The summed E-state index contributed by atoms with van der Waals surface area (Å²) in [5.41, 5.74) is 5.49. The summed E-state index contributed by atoms with van der Waals surface area (Å²) >= 11 is 0. The van der Waals surface area contributed by atoms with Crippen LogP contribution in [0, 0.1) is 0 Å². The van der Waals surface area contributed by atoms with Crippen molar-refractivity contribution in [2.75, 3.05) is 19.6 Å². The highest BCUT2D eigenvalue weighted by Gasteiger charge is 2.21. The highest BCUT2D eigenvalue weighted by atomic mass is 16.4. The molecule has 1 fully saturated rings. The van der Waals surface area contributed by atoms with Gasteiger partial charge in [-0.15, -0.1) is 0 Å². The summed E-state index contributed by atoms with van der Waals surface area (Å²) in [5.74, 6) is -0.681. The van der Waals surface area contributed by atoms with Gasteiger partial charge < -0.3 is 15.7 Å². The van der Waals surface area contributed by atoms with Crippen LogP contribution in [0.1, 0.15) is 38.5 Å². The number of hydrogen-bond donors (Lipinski definition) is 2. The van der Waals surface area contributed by atoms with E-state index in [9.17, 15) is 4.79 Å². The Hall–Kier alpha value is -0.610. The second-order valence-electron chi connectivity index (χ2n) is 4.26. The van der Waals surface area contributed by atoms with Gasteiger partial charge >= 0.3 is 5.97 Å². The Balaban J connectivity index is 2.32. The summed E-state index contributed by atoms with van der Waals surface area (Å²) in [6.45, 7) is 2.87. The number of nitrogens with zero attached hydrogens (tertiary/aromatic N) is 1. The summed E-state index contributed by atoms with van der Waals surface area (Å²) in [6.07, 6.45) is 5.74. The zero-order valence-corrected chi connectivity index (χ0v) is 9.32. The van der Waals surface area contributed by atoms with E-state index in [4.69, 9.17) is 10.8 Å². The van der Waals surface area contributed by atoms with Crippen LogP contribution in [0.2, 0.25) is 0 Å². The lowest BCUT2D eigenvalue weighted by molar-refractivity contribution is -0.137. The Labute approximate surface area is 91.4 Å². The van der Waals surface area contributed by atoms with Crippen LogP contribution in [0.25, 0.3) is 0 Å². The van der Waals surface area contributed by atoms with Crippen LogP contribution in [0.3, 0.4) is 0 Å². The van der Waals surface area contributed by atoms with E-state index in [1.165, 1.54) is 12.8 Å². The number of aliphatic carboxylic acids is 1. The first-order valence-electron chi connectivity index (χ1n) is 5.90. The van der Waals surface area contributed by atoms with Crippen LogP contribution in [0.5, 0.6) is 0 Å². The third-order valence-electron chi connectivity index (χ3n) is 3.09. The van der Waals surface area contributed by atoms with Gasteiger partial charge in [0.05, 0.1) is 0 Å². The number of carboxylic acid groups (broad SMARTS) is 1. The fourth-order valence-electron chi connectivity index (χ4n) is 2.27. The molecule has 1 unspecified atom stereocenters. The van der Waals surface area contributed by atoms with E-state index in [2.05, 4.69) is 4.90 Å². The first-order valence-corrected chi connectivity index (χ1v) is 5.90. The molecular formula is C11H22N2O2. The topological polar surface area (TPSA) is 66.6 Å². The minimum atomic E-state index is -0.681. The molecule has 3 N–H and O–H groups in total. The van der Waals surface area contributed by atoms with Gasteiger partial charge in [-0.25, -0.2) is 0 Å². The van der Waals surface area contributed by atoms with Crippen molar-refractivity contribution in [3.63, 3.8) is 0 Å². The lowest BCUT2D eigenvalue weighted by atomic mass is 9.98. The number of carbonyl (C=O) groups is 1. The molecule has 88 valence electrons. The summed E-state index contributed by atoms with van der Waals surface area (Å²) < 4.78 is 0. The number of likely N-dealkylation sites (tertiary alicyclic amines) is 1. The molecular weight excluding hydrogens is 192 g/mol. The van der Waals surface area contributed by atoms with Crippen LogP contribution < -0.4 is 5.73 Å². The molecule has 1 aliphatic rings. The largest absolute Gasteiger partial charge is 0.481 e. The molecule has 0 radical (unpaired) electrons. The minimum absolute atomic E-state index is 0.295. The maximum absolute atomic E-state index is 10.5. The Morgan fingerprint density at radius 1 is 1.47 bits per heavy atom. The molecule has 1 aliphatic heterocycles. The predicted octanol–water partition coefficient (Wildman–Crippen LogP) is 1.05. The molecule has 0 aromatic heterocycles. The van der Waals surface area contributed by atoms with E-state index in [1.54, 1.807) is 0 Å². The van der Waals surface area contributed by atoms with E-state index in [-0.39, 0.29) is 0 Å². The fourth-order valence-corrected chi connectivity index (χ4v) is 2.27. The van der Waals surface area contributed by atoms with E-state index in [0.29, 0.717) is 12.5 Å². The van der Waals surface area contributed by atoms with Gasteiger partial charge in [0.1, 0.15) is 0 Å². The molecule has 0 spiro atoms. The van der Waals surface area contributed by atoms with Crippen molar-refractivity contribution in [1.82, 2.24) is 4.90 Å². The zero-order valence-electron chi connectivity index (χ0n) is 9.32. The molecule has 0 amide bonds. The van der Waals surface area contributed by atoms with Gasteiger partial charge in [-0.1, -0.05) is 6.42 Å². The maximum Gasteiger partial charge on any atom is 0.303 e.